The number of likely N-dealkylation sites (tertiary alicyclic amines) is 1. The van der Waals surface area contributed by atoms with Gasteiger partial charge in [-0.25, -0.2) is 0 Å². The second kappa shape index (κ2) is 12.0. The van der Waals surface area contributed by atoms with Crippen LogP contribution < -0.4 is 15.4 Å². The molecule has 1 aliphatic heterocycles. The van der Waals surface area contributed by atoms with Crippen molar-refractivity contribution in [1.82, 2.24) is 20.5 Å². The van der Waals surface area contributed by atoms with E-state index in [2.05, 4.69) is 68.0 Å². The van der Waals surface area contributed by atoms with Gasteiger partial charge in [-0.15, -0.1) is 0 Å². The monoisotopic (exact) mass is 443 g/mol. The van der Waals surface area contributed by atoms with Gasteiger partial charge in [0, 0.05) is 45.5 Å². The number of nitrogens with zero attached hydrogens (tertiary/aromatic N) is 3. The molecular weight excluding hydrogens is 410 g/mol. The number of pyridine rings is 1. The van der Waals surface area contributed by atoms with Gasteiger partial charge >= 0.3 is 0 Å². The molecule has 2 heterocycles. The lowest BCUT2D eigenvalue weighted by atomic mass is 10.0. The van der Waals surface area contributed by atoms with E-state index in [0.717, 1.165) is 49.9 Å². The average Bonchev–Trinajstić information content (AvgIpc) is 2.88. The largest absolute Gasteiger partial charge is 0.487 e. The topological polar surface area (TPSA) is 61.8 Å². The first-order valence-electron chi connectivity index (χ1n) is 11.6. The first-order valence-corrected chi connectivity index (χ1v) is 11.6. The number of benzene rings is 2. The van der Waals surface area contributed by atoms with Crippen molar-refractivity contribution >= 4 is 5.96 Å². The number of nitrogens with one attached hydrogen (secondary N) is 2. The zero-order valence-electron chi connectivity index (χ0n) is 19.3. The molecule has 2 N–H and O–H groups in total. The predicted octanol–water partition coefficient (Wildman–Crippen LogP) is 3.99. The second-order valence-electron chi connectivity index (χ2n) is 8.36. The predicted molar refractivity (Wildman–Crippen MR) is 133 cm³/mol. The molecule has 33 heavy (non-hydrogen) atoms. The lowest BCUT2D eigenvalue weighted by Crippen LogP contribution is -2.48. The SMILES string of the molecule is CN=C(NCc1ccc(OCc2ccccn2)cc1)NC1CCN(Cc2ccccc2)CC1. The standard InChI is InChI=1S/C27H33N5O/c1-28-27(31-24-14-17-32(18-15-24)20-23-7-3-2-4-8-23)30-19-22-10-12-26(13-11-22)33-21-25-9-5-6-16-29-25/h2-13,16,24H,14-15,17-21H2,1H3,(H2,28,30,31). The number of aliphatic imine (C=N–C) groups is 1. The minimum atomic E-state index is 0.450. The molecule has 0 saturated carbocycles. The molecular formula is C27H33N5O. The van der Waals surface area contributed by atoms with Crippen LogP contribution in [0.3, 0.4) is 0 Å². The van der Waals surface area contributed by atoms with Gasteiger partial charge in [0.15, 0.2) is 5.96 Å². The van der Waals surface area contributed by atoms with Gasteiger partial charge in [0.2, 0.25) is 0 Å². The van der Waals surface area contributed by atoms with Crippen molar-refractivity contribution in [1.29, 1.82) is 0 Å². The summed E-state index contributed by atoms with van der Waals surface area (Å²) in [4.78, 5) is 11.2. The molecule has 0 aliphatic carbocycles. The molecule has 4 rings (SSSR count). The van der Waals surface area contributed by atoms with Crippen molar-refractivity contribution in [2.24, 2.45) is 4.99 Å². The van der Waals surface area contributed by atoms with E-state index < -0.39 is 0 Å². The molecule has 1 aromatic heterocycles. The van der Waals surface area contributed by atoms with Gasteiger partial charge in [-0.05, 0) is 48.2 Å². The van der Waals surface area contributed by atoms with Crippen LogP contribution >= 0.6 is 0 Å². The van der Waals surface area contributed by atoms with E-state index in [1.54, 1.807) is 6.20 Å². The Hall–Kier alpha value is -3.38. The second-order valence-corrected chi connectivity index (χ2v) is 8.36. The normalized spacial score (nSPS) is 15.2. The molecule has 2 aromatic carbocycles. The Morgan fingerprint density at radius 1 is 0.970 bits per heavy atom. The van der Waals surface area contributed by atoms with E-state index in [4.69, 9.17) is 4.74 Å². The summed E-state index contributed by atoms with van der Waals surface area (Å²) in [6, 6.07) is 25.1. The molecule has 1 aliphatic rings. The Morgan fingerprint density at radius 3 is 2.42 bits per heavy atom. The van der Waals surface area contributed by atoms with Crippen LogP contribution in [0.4, 0.5) is 0 Å². The fraction of sp³-hybridized carbons (Fsp3) is 0.333. The van der Waals surface area contributed by atoms with Crippen molar-refractivity contribution in [3.8, 4) is 5.75 Å². The summed E-state index contributed by atoms with van der Waals surface area (Å²) in [6.45, 7) is 4.42. The third kappa shape index (κ3) is 7.32. The highest BCUT2D eigenvalue weighted by Crippen LogP contribution is 2.15. The van der Waals surface area contributed by atoms with Gasteiger partial charge in [-0.2, -0.15) is 0 Å². The van der Waals surface area contributed by atoms with Crippen molar-refractivity contribution < 1.29 is 4.74 Å². The van der Waals surface area contributed by atoms with E-state index in [1.165, 1.54) is 11.1 Å². The number of rotatable bonds is 8. The molecule has 0 amide bonds. The van der Waals surface area contributed by atoms with Crippen LogP contribution in [0.25, 0.3) is 0 Å². The number of hydrogen-bond acceptors (Lipinski definition) is 4. The highest BCUT2D eigenvalue weighted by molar-refractivity contribution is 5.79. The van der Waals surface area contributed by atoms with E-state index in [9.17, 15) is 0 Å². The lowest BCUT2D eigenvalue weighted by molar-refractivity contribution is 0.198. The maximum Gasteiger partial charge on any atom is 0.191 e. The molecule has 1 saturated heterocycles. The fourth-order valence-electron chi connectivity index (χ4n) is 4.00. The molecule has 6 nitrogen and oxygen atoms in total. The highest BCUT2D eigenvalue weighted by Gasteiger charge is 2.20. The third-order valence-corrected chi connectivity index (χ3v) is 5.90. The Balaban J connectivity index is 1.17. The molecule has 0 spiro atoms. The van der Waals surface area contributed by atoms with Crippen LogP contribution in [0.1, 0.15) is 29.7 Å². The Morgan fingerprint density at radius 2 is 1.73 bits per heavy atom. The number of aromatic nitrogens is 1. The van der Waals surface area contributed by atoms with Crippen molar-refractivity contribution in [2.45, 2.75) is 38.6 Å². The van der Waals surface area contributed by atoms with Crippen molar-refractivity contribution in [3.05, 3.63) is 95.8 Å². The van der Waals surface area contributed by atoms with E-state index >= 15 is 0 Å². The number of piperidine rings is 1. The fourth-order valence-corrected chi connectivity index (χ4v) is 4.00. The summed E-state index contributed by atoms with van der Waals surface area (Å²) in [6.07, 6.45) is 4.02. The van der Waals surface area contributed by atoms with Gasteiger partial charge in [0.25, 0.3) is 0 Å². The maximum absolute atomic E-state index is 5.82. The van der Waals surface area contributed by atoms with Gasteiger partial charge in [-0.1, -0.05) is 48.5 Å². The average molecular weight is 444 g/mol. The van der Waals surface area contributed by atoms with E-state index in [0.29, 0.717) is 19.2 Å². The summed E-state index contributed by atoms with van der Waals surface area (Å²) in [5.74, 6) is 1.70. The van der Waals surface area contributed by atoms with Crippen LogP contribution in [0, 0.1) is 0 Å². The first kappa shape index (κ1) is 22.8. The molecule has 0 atom stereocenters. The van der Waals surface area contributed by atoms with E-state index in [1.807, 2.05) is 37.4 Å². The van der Waals surface area contributed by atoms with Crippen molar-refractivity contribution in [3.63, 3.8) is 0 Å². The number of ether oxygens (including phenoxy) is 1. The first-order chi connectivity index (χ1) is 16.3. The van der Waals surface area contributed by atoms with Crippen LogP contribution in [-0.2, 0) is 19.7 Å². The zero-order chi connectivity index (χ0) is 22.7. The molecule has 3 aromatic rings. The summed E-state index contributed by atoms with van der Waals surface area (Å²) in [7, 11) is 1.83. The summed E-state index contributed by atoms with van der Waals surface area (Å²) in [5, 5.41) is 7.03. The zero-order valence-corrected chi connectivity index (χ0v) is 19.3. The Bertz CT molecular complexity index is 984. The molecule has 0 unspecified atom stereocenters. The van der Waals surface area contributed by atoms with Gasteiger partial charge in [0.05, 0.1) is 5.69 Å². The lowest BCUT2D eigenvalue weighted by Gasteiger charge is -2.33. The minimum Gasteiger partial charge on any atom is -0.487 e. The van der Waals surface area contributed by atoms with Crippen LogP contribution in [0.2, 0.25) is 0 Å². The third-order valence-electron chi connectivity index (χ3n) is 5.90. The van der Waals surface area contributed by atoms with Crippen LogP contribution in [0.15, 0.2) is 84.0 Å². The van der Waals surface area contributed by atoms with Gasteiger partial charge < -0.3 is 15.4 Å². The minimum absolute atomic E-state index is 0.450. The summed E-state index contributed by atoms with van der Waals surface area (Å²) < 4.78 is 5.82. The maximum atomic E-state index is 5.82. The molecule has 6 heteroatoms. The summed E-state index contributed by atoms with van der Waals surface area (Å²) in [5.41, 5.74) is 3.49. The molecule has 0 radical (unpaired) electrons. The highest BCUT2D eigenvalue weighted by atomic mass is 16.5. The Labute approximate surface area is 196 Å². The van der Waals surface area contributed by atoms with Crippen LogP contribution in [-0.4, -0.2) is 42.0 Å². The van der Waals surface area contributed by atoms with Gasteiger partial charge in [0.1, 0.15) is 12.4 Å². The Kier molecular flexibility index (Phi) is 8.30. The quantitative estimate of drug-likeness (QED) is 0.407. The number of hydrogen-bond donors (Lipinski definition) is 2. The smallest absolute Gasteiger partial charge is 0.191 e. The van der Waals surface area contributed by atoms with Crippen molar-refractivity contribution in [2.75, 3.05) is 20.1 Å². The molecule has 1 fully saturated rings. The summed E-state index contributed by atoms with van der Waals surface area (Å²) >= 11 is 0. The van der Waals surface area contributed by atoms with E-state index in [-0.39, 0.29) is 0 Å². The van der Waals surface area contributed by atoms with Gasteiger partial charge in [-0.3, -0.25) is 14.9 Å². The molecule has 0 bridgehead atoms. The number of guanidine groups is 1. The van der Waals surface area contributed by atoms with Crippen LogP contribution in [0.5, 0.6) is 5.75 Å². The molecule has 172 valence electrons.